The smallest absolute Gasteiger partial charge is 0.129 e. The Labute approximate surface area is 173 Å². The summed E-state index contributed by atoms with van der Waals surface area (Å²) in [4.78, 5) is 0. The monoisotopic (exact) mass is 401 g/mol. The lowest BCUT2D eigenvalue weighted by molar-refractivity contribution is 0.0472. The van der Waals surface area contributed by atoms with E-state index in [1.807, 2.05) is 0 Å². The van der Waals surface area contributed by atoms with Crippen LogP contribution in [0.3, 0.4) is 0 Å². The number of benzene rings is 2. The maximum atomic E-state index is 13.8. The third-order valence-electron chi connectivity index (χ3n) is 5.99. The Morgan fingerprint density at radius 1 is 1.03 bits per heavy atom. The van der Waals surface area contributed by atoms with Gasteiger partial charge in [0, 0.05) is 25.3 Å². The molecule has 4 heteroatoms. The summed E-state index contributed by atoms with van der Waals surface area (Å²) in [5.41, 5.74) is 4.28. The van der Waals surface area contributed by atoms with Gasteiger partial charge in [-0.15, -0.1) is 0 Å². The molecule has 0 spiro atoms. The van der Waals surface area contributed by atoms with Gasteiger partial charge in [0.05, 0.1) is 6.10 Å². The number of aryl methyl sites for hydroxylation is 3. The summed E-state index contributed by atoms with van der Waals surface area (Å²) in [6.45, 7) is 5.60. The molecule has 1 N–H and O–H groups in total. The van der Waals surface area contributed by atoms with Gasteiger partial charge in [-0.2, -0.15) is 0 Å². The molecule has 0 aliphatic heterocycles. The zero-order chi connectivity index (χ0) is 20.6. The van der Waals surface area contributed by atoms with Crippen LogP contribution in [0.15, 0.2) is 36.4 Å². The maximum absolute atomic E-state index is 13.8. The van der Waals surface area contributed by atoms with E-state index in [0.29, 0.717) is 31.1 Å². The average Bonchev–Trinajstić information content (AvgIpc) is 2.70. The van der Waals surface area contributed by atoms with Gasteiger partial charge < -0.3 is 10.1 Å². The Hall–Kier alpha value is -1.78. The van der Waals surface area contributed by atoms with E-state index in [0.717, 1.165) is 12.6 Å². The summed E-state index contributed by atoms with van der Waals surface area (Å²) >= 11 is 0. The zero-order valence-electron chi connectivity index (χ0n) is 17.6. The Morgan fingerprint density at radius 2 is 1.76 bits per heavy atom. The fraction of sp³-hybridized carbons (Fsp3) is 0.520. The minimum absolute atomic E-state index is 0.0174. The predicted molar refractivity (Wildman–Crippen MR) is 114 cm³/mol. The molecule has 0 bridgehead atoms. The Balaban J connectivity index is 1.59. The molecule has 158 valence electrons. The Morgan fingerprint density at radius 3 is 2.45 bits per heavy atom. The normalized spacial score (nSPS) is 16.1. The summed E-state index contributed by atoms with van der Waals surface area (Å²) < 4.78 is 33.2. The van der Waals surface area contributed by atoms with Crippen LogP contribution >= 0.6 is 0 Å². The lowest BCUT2D eigenvalue weighted by atomic mass is 9.94. The second kappa shape index (κ2) is 10.8. The molecule has 0 saturated heterocycles. The van der Waals surface area contributed by atoms with E-state index in [4.69, 9.17) is 4.74 Å². The van der Waals surface area contributed by atoms with Crippen molar-refractivity contribution in [3.63, 3.8) is 0 Å². The van der Waals surface area contributed by atoms with E-state index >= 15 is 0 Å². The summed E-state index contributed by atoms with van der Waals surface area (Å²) in [6.07, 6.45) is 7.65. The highest BCUT2D eigenvalue weighted by atomic mass is 19.1. The van der Waals surface area contributed by atoms with Crippen molar-refractivity contribution in [3.8, 4) is 0 Å². The van der Waals surface area contributed by atoms with Gasteiger partial charge in [0.15, 0.2) is 0 Å². The first kappa shape index (κ1) is 21.9. The van der Waals surface area contributed by atoms with Crippen molar-refractivity contribution >= 4 is 0 Å². The van der Waals surface area contributed by atoms with E-state index in [9.17, 15) is 8.78 Å². The second-order valence-electron chi connectivity index (χ2n) is 8.25. The Bertz CT molecular complexity index is 766. The number of nitrogens with one attached hydrogen (secondary N) is 1. The summed E-state index contributed by atoms with van der Waals surface area (Å²) in [5, 5.41) is 3.72. The fourth-order valence-corrected chi connectivity index (χ4v) is 4.37. The number of hydrogen-bond acceptors (Lipinski definition) is 2. The fourth-order valence-electron chi connectivity index (χ4n) is 4.37. The van der Waals surface area contributed by atoms with E-state index in [2.05, 4.69) is 37.4 Å². The third kappa shape index (κ3) is 6.35. The molecule has 1 aliphatic carbocycles. The van der Waals surface area contributed by atoms with Gasteiger partial charge in [-0.25, -0.2) is 8.78 Å². The maximum Gasteiger partial charge on any atom is 0.129 e. The molecule has 1 aliphatic rings. The lowest BCUT2D eigenvalue weighted by Gasteiger charge is -2.28. The molecular formula is C25H33F2NO. The third-order valence-corrected chi connectivity index (χ3v) is 5.99. The molecule has 2 aromatic carbocycles. The quantitative estimate of drug-likeness (QED) is 0.506. The SMILES string of the molecule is Cc1cccc(C)c1C(CNC1CCCCC1)OCCCc1ccc(F)cc1F. The molecule has 0 aromatic heterocycles. The molecule has 1 unspecified atom stereocenters. The molecule has 1 fully saturated rings. The van der Waals surface area contributed by atoms with Gasteiger partial charge in [-0.05, 0) is 67.9 Å². The average molecular weight is 402 g/mol. The van der Waals surface area contributed by atoms with E-state index in [1.54, 1.807) is 0 Å². The highest BCUT2D eigenvalue weighted by molar-refractivity contribution is 5.35. The van der Waals surface area contributed by atoms with Crippen LogP contribution in [0.25, 0.3) is 0 Å². The van der Waals surface area contributed by atoms with Gasteiger partial charge in [0.25, 0.3) is 0 Å². The van der Waals surface area contributed by atoms with E-state index in [1.165, 1.54) is 60.9 Å². The van der Waals surface area contributed by atoms with Crippen molar-refractivity contribution in [2.45, 2.75) is 70.9 Å². The van der Waals surface area contributed by atoms with Crippen molar-refractivity contribution in [2.75, 3.05) is 13.2 Å². The molecular weight excluding hydrogens is 368 g/mol. The lowest BCUT2D eigenvalue weighted by Crippen LogP contribution is -2.35. The van der Waals surface area contributed by atoms with Gasteiger partial charge in [-0.3, -0.25) is 0 Å². The minimum Gasteiger partial charge on any atom is -0.372 e. The van der Waals surface area contributed by atoms with Crippen LogP contribution in [0.1, 0.15) is 66.9 Å². The van der Waals surface area contributed by atoms with E-state index < -0.39 is 11.6 Å². The minimum atomic E-state index is -0.536. The predicted octanol–water partition coefficient (Wildman–Crippen LogP) is 6.19. The van der Waals surface area contributed by atoms with Crippen molar-refractivity contribution in [1.29, 1.82) is 0 Å². The first-order valence-electron chi connectivity index (χ1n) is 10.9. The molecule has 2 aromatic rings. The molecule has 0 amide bonds. The van der Waals surface area contributed by atoms with Crippen LogP contribution in [-0.4, -0.2) is 19.2 Å². The summed E-state index contributed by atoms with van der Waals surface area (Å²) in [6, 6.07) is 10.7. The van der Waals surface area contributed by atoms with Gasteiger partial charge >= 0.3 is 0 Å². The molecule has 3 rings (SSSR count). The first-order chi connectivity index (χ1) is 14.0. The number of rotatable bonds is 9. The molecule has 1 saturated carbocycles. The van der Waals surface area contributed by atoms with Crippen molar-refractivity contribution in [3.05, 3.63) is 70.3 Å². The topological polar surface area (TPSA) is 21.3 Å². The van der Waals surface area contributed by atoms with Crippen LogP contribution in [0.2, 0.25) is 0 Å². The zero-order valence-corrected chi connectivity index (χ0v) is 17.6. The highest BCUT2D eigenvalue weighted by Crippen LogP contribution is 2.26. The molecule has 0 radical (unpaired) electrons. The standard InChI is InChI=1S/C25H33F2NO/c1-18-8-6-9-19(2)25(18)24(17-28-22-11-4-3-5-12-22)29-15-7-10-20-13-14-21(26)16-23(20)27/h6,8-9,13-14,16,22,24,28H,3-5,7,10-12,15,17H2,1-2H3. The van der Waals surface area contributed by atoms with Crippen LogP contribution in [-0.2, 0) is 11.2 Å². The molecule has 2 nitrogen and oxygen atoms in total. The van der Waals surface area contributed by atoms with Crippen LogP contribution in [0.4, 0.5) is 8.78 Å². The Kier molecular flexibility index (Phi) is 8.19. The van der Waals surface area contributed by atoms with Crippen LogP contribution in [0, 0.1) is 25.5 Å². The number of ether oxygens (including phenoxy) is 1. The van der Waals surface area contributed by atoms with Crippen molar-refractivity contribution in [2.24, 2.45) is 0 Å². The summed E-state index contributed by atoms with van der Waals surface area (Å²) in [5.74, 6) is -1.01. The molecule has 29 heavy (non-hydrogen) atoms. The van der Waals surface area contributed by atoms with Crippen molar-refractivity contribution in [1.82, 2.24) is 5.32 Å². The number of halogens is 2. The highest BCUT2D eigenvalue weighted by Gasteiger charge is 2.20. The van der Waals surface area contributed by atoms with Crippen LogP contribution in [0.5, 0.6) is 0 Å². The summed E-state index contributed by atoms with van der Waals surface area (Å²) in [7, 11) is 0. The van der Waals surface area contributed by atoms with Gasteiger partial charge in [0.1, 0.15) is 11.6 Å². The van der Waals surface area contributed by atoms with Gasteiger partial charge in [-0.1, -0.05) is 43.5 Å². The first-order valence-corrected chi connectivity index (χ1v) is 10.9. The van der Waals surface area contributed by atoms with E-state index in [-0.39, 0.29) is 6.10 Å². The largest absolute Gasteiger partial charge is 0.372 e. The van der Waals surface area contributed by atoms with Crippen LogP contribution < -0.4 is 5.32 Å². The second-order valence-corrected chi connectivity index (χ2v) is 8.25. The number of hydrogen-bond donors (Lipinski definition) is 1. The van der Waals surface area contributed by atoms with Crippen molar-refractivity contribution < 1.29 is 13.5 Å². The molecule has 1 atom stereocenters. The molecule has 0 heterocycles. The van der Waals surface area contributed by atoms with Gasteiger partial charge in [0.2, 0.25) is 0 Å².